The van der Waals surface area contributed by atoms with Crippen molar-refractivity contribution < 1.29 is 19.1 Å². The first-order valence-corrected chi connectivity index (χ1v) is 8.14. The lowest BCUT2D eigenvalue weighted by Crippen LogP contribution is -2.40. The predicted octanol–water partition coefficient (Wildman–Crippen LogP) is 2.24. The Morgan fingerprint density at radius 2 is 2.18 bits per heavy atom. The van der Waals surface area contributed by atoms with Gasteiger partial charge in [-0.05, 0) is 28.8 Å². The van der Waals surface area contributed by atoms with Gasteiger partial charge in [0.15, 0.2) is 10.3 Å². The Balaban J connectivity index is 1.91. The Morgan fingerprint density at radius 3 is 2.86 bits per heavy atom. The number of rotatable bonds is 4. The van der Waals surface area contributed by atoms with Crippen LogP contribution >= 0.6 is 15.9 Å². The minimum Gasteiger partial charge on any atom is -0.448 e. The first-order chi connectivity index (χ1) is 10.6. The SMILES string of the molecule is COCCn1c(C(=O)N2CCC(O)CC2)cc2oc(Br)cc21. The molecule has 1 saturated heterocycles. The third-order valence-corrected chi connectivity index (χ3v) is 4.44. The van der Waals surface area contributed by atoms with E-state index in [-0.39, 0.29) is 12.0 Å². The number of hydrogen-bond donors (Lipinski definition) is 1. The summed E-state index contributed by atoms with van der Waals surface area (Å²) in [6, 6.07) is 3.64. The van der Waals surface area contributed by atoms with Crippen LogP contribution in [0.1, 0.15) is 23.3 Å². The Bertz CT molecular complexity index is 670. The molecule has 0 radical (unpaired) electrons. The fourth-order valence-electron chi connectivity index (χ4n) is 2.84. The zero-order valence-corrected chi connectivity index (χ0v) is 14.0. The largest absolute Gasteiger partial charge is 0.448 e. The maximum atomic E-state index is 12.8. The standard InChI is InChI=1S/C15H19BrN2O4/c1-21-7-6-18-11-9-14(16)22-13(11)8-12(18)15(20)17-4-2-10(19)3-5-17/h8-10,19H,2-7H2,1H3. The second kappa shape index (κ2) is 6.44. The molecular formula is C15H19BrN2O4. The molecular weight excluding hydrogens is 352 g/mol. The number of fused-ring (bicyclic) bond motifs is 1. The van der Waals surface area contributed by atoms with Crippen molar-refractivity contribution in [3.8, 4) is 0 Å². The first kappa shape index (κ1) is 15.6. The number of amides is 1. The van der Waals surface area contributed by atoms with E-state index >= 15 is 0 Å². The zero-order chi connectivity index (χ0) is 15.7. The fraction of sp³-hybridized carbons (Fsp3) is 0.533. The van der Waals surface area contributed by atoms with Crippen LogP contribution in [0.3, 0.4) is 0 Å². The van der Waals surface area contributed by atoms with Crippen LogP contribution in [-0.4, -0.2) is 53.4 Å². The van der Waals surface area contributed by atoms with Crippen LogP contribution in [0.4, 0.5) is 0 Å². The summed E-state index contributed by atoms with van der Waals surface area (Å²) in [6.07, 6.45) is 0.967. The number of piperidine rings is 1. The number of ether oxygens (including phenoxy) is 1. The highest BCUT2D eigenvalue weighted by molar-refractivity contribution is 9.10. The van der Waals surface area contributed by atoms with Crippen LogP contribution in [0.25, 0.3) is 11.1 Å². The molecule has 7 heteroatoms. The van der Waals surface area contributed by atoms with Crippen molar-refractivity contribution in [3.63, 3.8) is 0 Å². The third-order valence-electron chi connectivity index (χ3n) is 4.05. The quantitative estimate of drug-likeness (QED) is 0.895. The topological polar surface area (TPSA) is 67.8 Å². The van der Waals surface area contributed by atoms with E-state index in [0.29, 0.717) is 55.0 Å². The molecule has 1 amide bonds. The number of hydrogen-bond acceptors (Lipinski definition) is 4. The van der Waals surface area contributed by atoms with E-state index in [1.54, 1.807) is 18.1 Å². The van der Waals surface area contributed by atoms with Crippen LogP contribution in [-0.2, 0) is 11.3 Å². The normalized spacial score (nSPS) is 16.6. The van der Waals surface area contributed by atoms with Crippen molar-refractivity contribution in [3.05, 3.63) is 22.5 Å². The number of carbonyl (C=O) groups excluding carboxylic acids is 1. The minimum atomic E-state index is -0.295. The monoisotopic (exact) mass is 370 g/mol. The molecule has 1 aliphatic heterocycles. The van der Waals surface area contributed by atoms with Gasteiger partial charge in [-0.1, -0.05) is 0 Å². The van der Waals surface area contributed by atoms with E-state index < -0.39 is 0 Å². The summed E-state index contributed by atoms with van der Waals surface area (Å²) >= 11 is 3.32. The molecule has 1 N–H and O–H groups in total. The van der Waals surface area contributed by atoms with Gasteiger partial charge in [0.1, 0.15) is 5.69 Å². The first-order valence-electron chi connectivity index (χ1n) is 7.35. The van der Waals surface area contributed by atoms with E-state index in [1.165, 1.54) is 0 Å². The van der Waals surface area contributed by atoms with Crippen molar-refractivity contribution in [2.45, 2.75) is 25.5 Å². The second-order valence-corrected chi connectivity index (χ2v) is 6.28. The number of furan rings is 1. The van der Waals surface area contributed by atoms with Crippen LogP contribution in [0.15, 0.2) is 21.2 Å². The average Bonchev–Trinajstić information content (AvgIpc) is 3.01. The summed E-state index contributed by atoms with van der Waals surface area (Å²) in [7, 11) is 1.64. The summed E-state index contributed by atoms with van der Waals surface area (Å²) < 4.78 is 13.3. The van der Waals surface area contributed by atoms with Gasteiger partial charge in [0.2, 0.25) is 0 Å². The van der Waals surface area contributed by atoms with Crippen molar-refractivity contribution >= 4 is 32.9 Å². The number of aliphatic hydroxyl groups excluding tert-OH is 1. The van der Waals surface area contributed by atoms with Gasteiger partial charge in [0.25, 0.3) is 5.91 Å². The summed E-state index contributed by atoms with van der Waals surface area (Å²) in [5, 5.41) is 9.58. The molecule has 120 valence electrons. The number of nitrogens with zero attached hydrogens (tertiary/aromatic N) is 2. The average molecular weight is 371 g/mol. The zero-order valence-electron chi connectivity index (χ0n) is 12.4. The lowest BCUT2D eigenvalue weighted by atomic mass is 10.1. The number of methoxy groups -OCH3 is 1. The number of likely N-dealkylation sites (tertiary alicyclic amines) is 1. The molecule has 0 unspecified atom stereocenters. The van der Waals surface area contributed by atoms with Crippen LogP contribution in [0, 0.1) is 0 Å². The molecule has 0 atom stereocenters. The highest BCUT2D eigenvalue weighted by Gasteiger charge is 2.26. The predicted molar refractivity (Wildman–Crippen MR) is 84.9 cm³/mol. The lowest BCUT2D eigenvalue weighted by molar-refractivity contribution is 0.0536. The van der Waals surface area contributed by atoms with Gasteiger partial charge in [-0.3, -0.25) is 4.79 Å². The molecule has 0 spiro atoms. The Kier molecular flexibility index (Phi) is 4.56. The molecule has 0 bridgehead atoms. The van der Waals surface area contributed by atoms with E-state index in [0.717, 1.165) is 5.52 Å². The van der Waals surface area contributed by atoms with Crippen molar-refractivity contribution in [1.29, 1.82) is 0 Å². The van der Waals surface area contributed by atoms with Crippen LogP contribution < -0.4 is 0 Å². The third kappa shape index (κ3) is 2.93. The Labute approximate surface area is 136 Å². The summed E-state index contributed by atoms with van der Waals surface area (Å²) in [4.78, 5) is 14.6. The summed E-state index contributed by atoms with van der Waals surface area (Å²) in [5.41, 5.74) is 2.17. The van der Waals surface area contributed by atoms with Crippen LogP contribution in [0.2, 0.25) is 0 Å². The second-order valence-electron chi connectivity index (χ2n) is 5.50. The van der Waals surface area contributed by atoms with E-state index in [9.17, 15) is 9.90 Å². The van der Waals surface area contributed by atoms with Crippen molar-refractivity contribution in [2.75, 3.05) is 26.8 Å². The minimum absolute atomic E-state index is 0.0227. The van der Waals surface area contributed by atoms with Gasteiger partial charge in [0, 0.05) is 38.9 Å². The molecule has 0 aromatic carbocycles. The molecule has 0 saturated carbocycles. The van der Waals surface area contributed by atoms with Gasteiger partial charge in [-0.15, -0.1) is 0 Å². The highest BCUT2D eigenvalue weighted by atomic mass is 79.9. The van der Waals surface area contributed by atoms with Gasteiger partial charge in [-0.2, -0.15) is 0 Å². The lowest BCUT2D eigenvalue weighted by Gasteiger charge is -2.29. The Morgan fingerprint density at radius 1 is 1.45 bits per heavy atom. The van der Waals surface area contributed by atoms with Gasteiger partial charge in [-0.25, -0.2) is 0 Å². The number of aliphatic hydroxyl groups is 1. The molecule has 0 aliphatic carbocycles. The molecule has 3 rings (SSSR count). The van der Waals surface area contributed by atoms with E-state index in [2.05, 4.69) is 15.9 Å². The van der Waals surface area contributed by atoms with E-state index in [4.69, 9.17) is 9.15 Å². The number of halogens is 1. The van der Waals surface area contributed by atoms with Gasteiger partial charge < -0.3 is 23.7 Å². The molecule has 3 heterocycles. The van der Waals surface area contributed by atoms with Gasteiger partial charge in [0.05, 0.1) is 18.2 Å². The maximum absolute atomic E-state index is 12.8. The fourth-order valence-corrected chi connectivity index (χ4v) is 3.23. The summed E-state index contributed by atoms with van der Waals surface area (Å²) in [6.45, 7) is 2.27. The van der Waals surface area contributed by atoms with Crippen molar-refractivity contribution in [1.82, 2.24) is 9.47 Å². The van der Waals surface area contributed by atoms with Gasteiger partial charge >= 0.3 is 0 Å². The molecule has 2 aromatic rings. The summed E-state index contributed by atoms with van der Waals surface area (Å²) in [5.74, 6) is -0.0227. The molecule has 1 aliphatic rings. The number of carbonyl (C=O) groups is 1. The molecule has 6 nitrogen and oxygen atoms in total. The maximum Gasteiger partial charge on any atom is 0.270 e. The highest BCUT2D eigenvalue weighted by Crippen LogP contribution is 2.28. The van der Waals surface area contributed by atoms with Crippen LogP contribution in [0.5, 0.6) is 0 Å². The molecule has 2 aromatic heterocycles. The smallest absolute Gasteiger partial charge is 0.270 e. The van der Waals surface area contributed by atoms with E-state index in [1.807, 2.05) is 10.6 Å². The molecule has 22 heavy (non-hydrogen) atoms. The van der Waals surface area contributed by atoms with Crippen molar-refractivity contribution in [2.24, 2.45) is 0 Å². The number of aromatic nitrogens is 1. The Hall–Kier alpha value is -1.31. The molecule has 1 fully saturated rings.